The minimum absolute atomic E-state index is 0.0804. The van der Waals surface area contributed by atoms with Gasteiger partial charge >= 0.3 is 0 Å². The maximum absolute atomic E-state index is 12.9. The fourth-order valence-electron chi connectivity index (χ4n) is 3.07. The van der Waals surface area contributed by atoms with Gasteiger partial charge < -0.3 is 9.47 Å². The minimum atomic E-state index is -0.347. The van der Waals surface area contributed by atoms with Crippen molar-refractivity contribution in [2.24, 2.45) is 4.99 Å². The Bertz CT molecular complexity index is 924. The van der Waals surface area contributed by atoms with E-state index in [1.807, 2.05) is 0 Å². The van der Waals surface area contributed by atoms with Crippen molar-refractivity contribution in [2.45, 2.75) is 32.7 Å². The highest BCUT2D eigenvalue weighted by atomic mass is 35.5. The lowest BCUT2D eigenvalue weighted by atomic mass is 10.1. The van der Waals surface area contributed by atoms with Gasteiger partial charge in [0.05, 0.1) is 25.9 Å². The zero-order valence-electron chi connectivity index (χ0n) is 17.4. The lowest BCUT2D eigenvalue weighted by molar-refractivity contribution is 0.0384. The number of hydrogen-bond donors (Lipinski definition) is 0. The Morgan fingerprint density at radius 2 is 2.03 bits per heavy atom. The van der Waals surface area contributed by atoms with Gasteiger partial charge in [0.1, 0.15) is 10.4 Å². The molecule has 29 heavy (non-hydrogen) atoms. The molecule has 0 N–H and O–H groups in total. The first-order valence-corrected chi connectivity index (χ1v) is 10.9. The van der Waals surface area contributed by atoms with Crippen LogP contribution in [0.15, 0.2) is 29.4 Å². The molecule has 1 saturated heterocycles. The van der Waals surface area contributed by atoms with E-state index in [-0.39, 0.29) is 11.4 Å². The van der Waals surface area contributed by atoms with Crippen molar-refractivity contribution in [3.63, 3.8) is 0 Å². The van der Waals surface area contributed by atoms with Crippen LogP contribution < -0.4 is 9.41 Å². The van der Waals surface area contributed by atoms with Crippen LogP contribution in [0.25, 0.3) is 0 Å². The third kappa shape index (κ3) is 5.69. The first-order chi connectivity index (χ1) is 13.8. The summed E-state index contributed by atoms with van der Waals surface area (Å²) in [5.41, 5.74) is 1.36. The highest BCUT2D eigenvalue weighted by molar-refractivity contribution is 7.04. The number of rotatable bonds is 5. The van der Waals surface area contributed by atoms with Crippen LogP contribution in [-0.2, 0) is 16.7 Å². The molecule has 1 aliphatic rings. The van der Waals surface area contributed by atoms with Crippen molar-refractivity contribution in [1.82, 2.24) is 8.86 Å². The molecule has 2 heterocycles. The Balaban J connectivity index is 1.92. The molecule has 0 bridgehead atoms. The highest BCUT2D eigenvalue weighted by Gasteiger charge is 2.19. The summed E-state index contributed by atoms with van der Waals surface area (Å²) >= 11 is 7.59. The van der Waals surface area contributed by atoms with Crippen LogP contribution >= 0.6 is 23.1 Å². The number of benzene rings is 1. The van der Waals surface area contributed by atoms with Crippen molar-refractivity contribution in [3.8, 4) is 5.75 Å². The minimum Gasteiger partial charge on any atom is -0.496 e. The van der Waals surface area contributed by atoms with E-state index in [4.69, 9.17) is 21.1 Å². The van der Waals surface area contributed by atoms with Crippen LogP contribution in [0.3, 0.4) is 0 Å². The van der Waals surface area contributed by atoms with E-state index in [1.54, 1.807) is 18.2 Å². The number of aromatic nitrogens is 1. The number of morpholine rings is 1. The average Bonchev–Trinajstić information content (AvgIpc) is 3.10. The zero-order valence-corrected chi connectivity index (χ0v) is 19.0. The SMILES string of the molecule is COc1ccc(Cl)cc1C(=O)/N=c1\sn(C(C)(C)C)cc1CCN1CCOCC1. The summed E-state index contributed by atoms with van der Waals surface area (Å²) in [5, 5.41) is 0.479. The molecule has 6 nitrogen and oxygen atoms in total. The molecule has 0 atom stereocenters. The van der Waals surface area contributed by atoms with Gasteiger partial charge in [-0.1, -0.05) is 11.6 Å². The molecule has 1 fully saturated rings. The Kier molecular flexibility index (Phi) is 7.16. The molecular weight excluding hydrogens is 410 g/mol. The lowest BCUT2D eigenvalue weighted by Crippen LogP contribution is -2.37. The molecule has 0 radical (unpaired) electrons. The lowest BCUT2D eigenvalue weighted by Gasteiger charge is -2.26. The van der Waals surface area contributed by atoms with E-state index in [0.717, 1.165) is 49.5 Å². The fraction of sp³-hybridized carbons (Fsp3) is 0.524. The summed E-state index contributed by atoms with van der Waals surface area (Å²) < 4.78 is 13.6. The molecule has 158 valence electrons. The largest absolute Gasteiger partial charge is 0.496 e. The van der Waals surface area contributed by atoms with Gasteiger partial charge in [0, 0.05) is 42.0 Å². The molecule has 1 aromatic heterocycles. The van der Waals surface area contributed by atoms with Gasteiger partial charge in [-0.3, -0.25) is 13.7 Å². The Labute approximate surface area is 180 Å². The second-order valence-electron chi connectivity index (χ2n) is 8.01. The van der Waals surface area contributed by atoms with Crippen molar-refractivity contribution in [1.29, 1.82) is 0 Å². The van der Waals surface area contributed by atoms with E-state index in [9.17, 15) is 4.79 Å². The zero-order chi connectivity index (χ0) is 21.0. The topological polar surface area (TPSA) is 56.1 Å². The summed E-state index contributed by atoms with van der Waals surface area (Å²) in [6.45, 7) is 10.8. The molecule has 0 spiro atoms. The first kappa shape index (κ1) is 22.0. The molecule has 1 amide bonds. The van der Waals surface area contributed by atoms with E-state index in [2.05, 4.69) is 40.8 Å². The summed E-state index contributed by atoms with van der Waals surface area (Å²) in [7, 11) is 1.53. The van der Waals surface area contributed by atoms with Crippen LogP contribution in [0, 0.1) is 0 Å². The standard InChI is InChI=1S/C21H28ClN3O3S/c1-21(2,3)25-14-15(7-8-24-9-11-28-12-10-24)20(29-25)23-19(26)17-13-16(22)5-6-18(17)27-4/h5-6,13-14H,7-12H2,1-4H3/b23-20-. The van der Waals surface area contributed by atoms with Crippen LogP contribution in [-0.4, -0.2) is 54.7 Å². The van der Waals surface area contributed by atoms with Gasteiger partial charge in [-0.15, -0.1) is 0 Å². The number of amides is 1. The highest BCUT2D eigenvalue weighted by Crippen LogP contribution is 2.23. The summed E-state index contributed by atoms with van der Waals surface area (Å²) in [5.74, 6) is 0.123. The summed E-state index contributed by atoms with van der Waals surface area (Å²) in [4.78, 5) is 19.8. The van der Waals surface area contributed by atoms with E-state index >= 15 is 0 Å². The number of carbonyl (C=O) groups is 1. The number of halogens is 1. The number of nitrogens with zero attached hydrogens (tertiary/aromatic N) is 3. The third-order valence-corrected chi connectivity index (χ3v) is 6.40. The van der Waals surface area contributed by atoms with Crippen molar-refractivity contribution < 1.29 is 14.3 Å². The van der Waals surface area contributed by atoms with Crippen LogP contribution in [0.5, 0.6) is 5.75 Å². The average molecular weight is 438 g/mol. The molecule has 0 aliphatic carbocycles. The quantitative estimate of drug-likeness (QED) is 0.717. The Morgan fingerprint density at radius 3 is 2.69 bits per heavy atom. The molecular formula is C21H28ClN3O3S. The Morgan fingerprint density at radius 1 is 1.31 bits per heavy atom. The van der Waals surface area contributed by atoms with Gasteiger partial charge in [-0.05, 0) is 56.9 Å². The van der Waals surface area contributed by atoms with Crippen molar-refractivity contribution in [2.75, 3.05) is 40.0 Å². The third-order valence-electron chi connectivity index (χ3n) is 4.79. The molecule has 1 aromatic carbocycles. The number of methoxy groups -OCH3 is 1. The predicted octanol–water partition coefficient (Wildman–Crippen LogP) is 3.58. The van der Waals surface area contributed by atoms with Gasteiger partial charge in [0.2, 0.25) is 0 Å². The van der Waals surface area contributed by atoms with Crippen molar-refractivity contribution >= 4 is 29.0 Å². The summed E-state index contributed by atoms with van der Waals surface area (Å²) in [6, 6.07) is 4.99. The number of carbonyl (C=O) groups excluding carboxylic acids is 1. The molecule has 3 rings (SSSR count). The fourth-order valence-corrected chi connectivity index (χ4v) is 4.28. The van der Waals surface area contributed by atoms with Crippen LogP contribution in [0.4, 0.5) is 0 Å². The van der Waals surface area contributed by atoms with Crippen molar-refractivity contribution in [3.05, 3.63) is 45.2 Å². The van der Waals surface area contributed by atoms with Gasteiger partial charge in [-0.25, -0.2) is 0 Å². The monoisotopic (exact) mass is 437 g/mol. The van der Waals surface area contributed by atoms with Gasteiger partial charge in [-0.2, -0.15) is 4.99 Å². The summed E-state index contributed by atoms with van der Waals surface area (Å²) in [6.07, 6.45) is 2.95. The van der Waals surface area contributed by atoms with E-state index < -0.39 is 0 Å². The maximum Gasteiger partial charge on any atom is 0.282 e. The maximum atomic E-state index is 12.9. The smallest absolute Gasteiger partial charge is 0.282 e. The number of hydrogen-bond acceptors (Lipinski definition) is 5. The molecule has 8 heteroatoms. The molecule has 0 saturated carbocycles. The second kappa shape index (κ2) is 9.43. The molecule has 1 aliphatic heterocycles. The van der Waals surface area contributed by atoms with Crippen LogP contribution in [0.1, 0.15) is 36.7 Å². The molecule has 0 unspecified atom stereocenters. The first-order valence-electron chi connectivity index (χ1n) is 9.73. The van der Waals surface area contributed by atoms with E-state index in [1.165, 1.54) is 18.6 Å². The second-order valence-corrected chi connectivity index (χ2v) is 9.41. The van der Waals surface area contributed by atoms with Gasteiger partial charge in [0.25, 0.3) is 5.91 Å². The normalized spacial score (nSPS) is 16.2. The van der Waals surface area contributed by atoms with Gasteiger partial charge in [0.15, 0.2) is 0 Å². The molecule has 2 aromatic rings. The van der Waals surface area contributed by atoms with Crippen LogP contribution in [0.2, 0.25) is 5.02 Å². The van der Waals surface area contributed by atoms with E-state index in [0.29, 0.717) is 16.3 Å². The predicted molar refractivity (Wildman–Crippen MR) is 116 cm³/mol. The number of ether oxygens (including phenoxy) is 2. The Hall–Kier alpha value is -1.67.